The molecule has 3 heterocycles. The number of carbonyl (C=O) groups is 1. The molecule has 2 aromatic heterocycles. The molecule has 198 valence electrons. The summed E-state index contributed by atoms with van der Waals surface area (Å²) >= 11 is 0. The van der Waals surface area contributed by atoms with E-state index in [-0.39, 0.29) is 5.56 Å². The number of phenolic OH excluding ortho intramolecular Hbond substituents is 1. The molecule has 4 rings (SSSR count). The number of hydrogen-bond donors (Lipinski definition) is 5. The first-order valence-electron chi connectivity index (χ1n) is 12.8. The first-order chi connectivity index (χ1) is 17.7. The minimum atomic E-state index is -0.598. The summed E-state index contributed by atoms with van der Waals surface area (Å²) in [6.45, 7) is 14.7. The quantitative estimate of drug-likeness (QED) is 0.297. The number of H-pyrrole nitrogens is 1. The van der Waals surface area contributed by atoms with Crippen LogP contribution in [0.5, 0.6) is 5.75 Å². The van der Waals surface area contributed by atoms with Crippen molar-refractivity contribution < 1.29 is 9.90 Å². The van der Waals surface area contributed by atoms with Crippen molar-refractivity contribution in [3.05, 3.63) is 52.2 Å². The fourth-order valence-electron chi connectivity index (χ4n) is 4.85. The third-order valence-corrected chi connectivity index (χ3v) is 6.96. The summed E-state index contributed by atoms with van der Waals surface area (Å²) in [5, 5.41) is 23.8. The van der Waals surface area contributed by atoms with Gasteiger partial charge in [-0.15, -0.1) is 0 Å². The van der Waals surface area contributed by atoms with Crippen LogP contribution in [0.25, 0.3) is 0 Å². The van der Waals surface area contributed by atoms with E-state index < -0.39 is 5.91 Å². The van der Waals surface area contributed by atoms with Crippen LogP contribution in [-0.2, 0) is 13.0 Å². The van der Waals surface area contributed by atoms with Gasteiger partial charge in [-0.25, -0.2) is 4.98 Å². The summed E-state index contributed by atoms with van der Waals surface area (Å²) in [4.78, 5) is 21.8. The molecule has 0 saturated carbocycles. The molecule has 0 radical (unpaired) electrons. The molecular weight excluding hydrogens is 468 g/mol. The summed E-state index contributed by atoms with van der Waals surface area (Å²) in [6.07, 6.45) is 2.49. The van der Waals surface area contributed by atoms with Crippen molar-refractivity contribution in [2.45, 2.75) is 53.6 Å². The lowest BCUT2D eigenvalue weighted by Gasteiger charge is -2.38. The average molecular weight is 507 g/mol. The number of phenols is 1. The number of aromatic amines is 1. The summed E-state index contributed by atoms with van der Waals surface area (Å²) in [6, 6.07) is 6.43. The van der Waals surface area contributed by atoms with E-state index in [0.717, 1.165) is 66.4 Å². The van der Waals surface area contributed by atoms with Crippen molar-refractivity contribution in [3.8, 4) is 5.75 Å². The van der Waals surface area contributed by atoms with Crippen LogP contribution < -0.4 is 21.3 Å². The van der Waals surface area contributed by atoms with Crippen molar-refractivity contribution in [1.29, 1.82) is 0 Å². The monoisotopic (exact) mass is 506 g/mol. The molecule has 0 aliphatic carbocycles. The lowest BCUT2D eigenvalue weighted by molar-refractivity contribution is 0.100. The van der Waals surface area contributed by atoms with Gasteiger partial charge in [0.05, 0.1) is 11.9 Å². The van der Waals surface area contributed by atoms with E-state index in [2.05, 4.69) is 44.5 Å². The summed E-state index contributed by atoms with van der Waals surface area (Å²) < 4.78 is 0. The van der Waals surface area contributed by atoms with Crippen molar-refractivity contribution in [2.75, 3.05) is 41.7 Å². The number of pyridine rings is 1. The zero-order valence-corrected chi connectivity index (χ0v) is 22.4. The number of nitrogens with two attached hydrogens (primary N) is 1. The zero-order valence-electron chi connectivity index (χ0n) is 22.4. The van der Waals surface area contributed by atoms with Crippen molar-refractivity contribution in [1.82, 2.24) is 20.1 Å². The number of carbonyl (C=O) groups excluding carboxylic acids is 1. The van der Waals surface area contributed by atoms with Crippen LogP contribution in [0.3, 0.4) is 0 Å². The topological polar surface area (TPSA) is 135 Å². The highest BCUT2D eigenvalue weighted by Gasteiger charge is 2.22. The molecule has 6 N–H and O–H groups in total. The number of aryl methyl sites for hydroxylation is 3. The second-order valence-corrected chi connectivity index (χ2v) is 9.92. The highest BCUT2D eigenvalue weighted by molar-refractivity contribution is 6.03. The number of piperazine rings is 1. The van der Waals surface area contributed by atoms with Gasteiger partial charge in [0.25, 0.3) is 5.91 Å². The number of benzene rings is 1. The second-order valence-electron chi connectivity index (χ2n) is 9.92. The average Bonchev–Trinajstić information content (AvgIpc) is 3.27. The van der Waals surface area contributed by atoms with Crippen LogP contribution in [0.15, 0.2) is 24.4 Å². The van der Waals surface area contributed by atoms with Gasteiger partial charge in [0.2, 0.25) is 0 Å². The Labute approximate surface area is 218 Å². The predicted molar refractivity (Wildman–Crippen MR) is 148 cm³/mol. The molecule has 0 spiro atoms. The van der Waals surface area contributed by atoms with Crippen LogP contribution in [-0.4, -0.2) is 63.3 Å². The summed E-state index contributed by atoms with van der Waals surface area (Å²) in [7, 11) is 0. The van der Waals surface area contributed by atoms with Gasteiger partial charge in [0.15, 0.2) is 5.82 Å². The number of anilines is 4. The molecule has 0 unspecified atom stereocenters. The summed E-state index contributed by atoms with van der Waals surface area (Å²) in [5.74, 6) is 1.47. The summed E-state index contributed by atoms with van der Waals surface area (Å²) in [5.41, 5.74) is 10.4. The standard InChI is InChI=1S/C27H38N8O2/c1-6-20-13-19(11-17(4)23(20)36)14-29-25-22(24(28)37)26(33-32-25)31-21-12-18(5)27(30-15-21)35-9-7-34(8-10-35)16(2)3/h11-13,15-16,36H,6-10,14H2,1-5H3,(H2,28,37)(H3,29,31,32,33). The van der Waals surface area contributed by atoms with Crippen LogP contribution in [0.4, 0.5) is 23.1 Å². The van der Waals surface area contributed by atoms with E-state index in [1.807, 2.05) is 39.0 Å². The Bertz CT molecular complexity index is 1260. The highest BCUT2D eigenvalue weighted by atomic mass is 16.3. The first-order valence-corrected chi connectivity index (χ1v) is 12.8. The number of nitrogens with zero attached hydrogens (tertiary/aromatic N) is 4. The minimum absolute atomic E-state index is 0.248. The molecule has 1 aliphatic rings. The molecule has 10 nitrogen and oxygen atoms in total. The Morgan fingerprint density at radius 2 is 1.89 bits per heavy atom. The number of amides is 1. The fraction of sp³-hybridized carbons (Fsp3) is 0.444. The number of aromatic hydroxyl groups is 1. The first kappa shape index (κ1) is 26.3. The number of aromatic nitrogens is 3. The SMILES string of the molecule is CCc1cc(CNc2n[nH]c(Nc3cnc(N4CCN(C(C)C)CC4)c(C)c3)c2C(N)=O)cc(C)c1O. The normalized spacial score (nSPS) is 14.3. The Morgan fingerprint density at radius 1 is 1.16 bits per heavy atom. The maximum Gasteiger partial charge on any atom is 0.256 e. The van der Waals surface area contributed by atoms with Gasteiger partial charge in [-0.05, 0) is 62.4 Å². The molecule has 1 amide bonds. The maximum atomic E-state index is 12.3. The van der Waals surface area contributed by atoms with E-state index in [4.69, 9.17) is 10.7 Å². The van der Waals surface area contributed by atoms with E-state index in [9.17, 15) is 9.90 Å². The second kappa shape index (κ2) is 11.1. The molecule has 37 heavy (non-hydrogen) atoms. The van der Waals surface area contributed by atoms with E-state index in [0.29, 0.717) is 30.0 Å². The molecule has 0 atom stereocenters. The lowest BCUT2D eigenvalue weighted by Crippen LogP contribution is -2.49. The van der Waals surface area contributed by atoms with Crippen molar-refractivity contribution >= 4 is 29.0 Å². The number of rotatable bonds is 9. The smallest absolute Gasteiger partial charge is 0.256 e. The number of hydrogen-bond acceptors (Lipinski definition) is 8. The van der Waals surface area contributed by atoms with Gasteiger partial charge in [0, 0.05) is 38.8 Å². The van der Waals surface area contributed by atoms with Crippen molar-refractivity contribution in [2.24, 2.45) is 5.73 Å². The van der Waals surface area contributed by atoms with Gasteiger partial charge in [-0.3, -0.25) is 14.8 Å². The largest absolute Gasteiger partial charge is 0.507 e. The third-order valence-electron chi connectivity index (χ3n) is 6.96. The van der Waals surface area contributed by atoms with E-state index in [1.54, 1.807) is 6.20 Å². The minimum Gasteiger partial charge on any atom is -0.507 e. The molecule has 10 heteroatoms. The third kappa shape index (κ3) is 5.80. The Kier molecular flexibility index (Phi) is 7.87. The molecule has 1 aromatic carbocycles. The van der Waals surface area contributed by atoms with Gasteiger partial charge in [-0.1, -0.05) is 19.1 Å². The number of primary amides is 1. The van der Waals surface area contributed by atoms with Gasteiger partial charge < -0.3 is 26.4 Å². The van der Waals surface area contributed by atoms with Crippen LogP contribution in [0, 0.1) is 13.8 Å². The van der Waals surface area contributed by atoms with Gasteiger partial charge in [-0.2, -0.15) is 5.10 Å². The lowest BCUT2D eigenvalue weighted by atomic mass is 10.0. The molecule has 1 saturated heterocycles. The van der Waals surface area contributed by atoms with Crippen LogP contribution >= 0.6 is 0 Å². The molecule has 1 aliphatic heterocycles. The van der Waals surface area contributed by atoms with Gasteiger partial charge >= 0.3 is 0 Å². The maximum absolute atomic E-state index is 12.3. The predicted octanol–water partition coefficient (Wildman–Crippen LogP) is 3.67. The molecular formula is C27H38N8O2. The van der Waals surface area contributed by atoms with Crippen LogP contribution in [0.1, 0.15) is 53.4 Å². The zero-order chi connectivity index (χ0) is 26.7. The molecule has 3 aromatic rings. The molecule has 0 bridgehead atoms. The molecule has 1 fully saturated rings. The number of nitrogens with one attached hydrogen (secondary N) is 3. The van der Waals surface area contributed by atoms with Crippen molar-refractivity contribution in [3.63, 3.8) is 0 Å². The Morgan fingerprint density at radius 3 is 2.51 bits per heavy atom. The van der Waals surface area contributed by atoms with Gasteiger partial charge in [0.1, 0.15) is 22.9 Å². The van der Waals surface area contributed by atoms with E-state index in [1.165, 1.54) is 0 Å². The van der Waals surface area contributed by atoms with Crippen LogP contribution in [0.2, 0.25) is 0 Å². The Hall–Kier alpha value is -3.79. The fourth-order valence-corrected chi connectivity index (χ4v) is 4.85. The Balaban J connectivity index is 1.47. The highest BCUT2D eigenvalue weighted by Crippen LogP contribution is 2.29. The van der Waals surface area contributed by atoms with E-state index >= 15 is 0 Å².